The van der Waals surface area contributed by atoms with Crippen molar-refractivity contribution in [1.29, 1.82) is 0 Å². The van der Waals surface area contributed by atoms with Gasteiger partial charge in [-0.15, -0.1) is 0 Å². The smallest absolute Gasteiger partial charge is 0.323 e. The van der Waals surface area contributed by atoms with Crippen LogP contribution in [0.15, 0.2) is 0 Å². The van der Waals surface area contributed by atoms with Gasteiger partial charge in [0.05, 0.1) is 11.7 Å². The highest BCUT2D eigenvalue weighted by molar-refractivity contribution is 5.36. The molecule has 21 heavy (non-hydrogen) atoms. The molecule has 1 unspecified atom stereocenters. The number of anilines is 2. The van der Waals surface area contributed by atoms with Crippen molar-refractivity contribution in [2.24, 2.45) is 0 Å². The second-order valence-electron chi connectivity index (χ2n) is 5.56. The normalized spacial score (nSPS) is 13.9. The predicted molar refractivity (Wildman–Crippen MR) is 83.8 cm³/mol. The summed E-state index contributed by atoms with van der Waals surface area (Å²) in [5.74, 6) is 0.870. The molecule has 0 bridgehead atoms. The van der Waals surface area contributed by atoms with Crippen LogP contribution in [0.2, 0.25) is 0 Å². The van der Waals surface area contributed by atoms with Gasteiger partial charge in [-0.2, -0.15) is 15.0 Å². The van der Waals surface area contributed by atoms with Gasteiger partial charge in [-0.3, -0.25) is 0 Å². The Morgan fingerprint density at radius 1 is 1.14 bits per heavy atom. The summed E-state index contributed by atoms with van der Waals surface area (Å²) < 4.78 is 5.53. The van der Waals surface area contributed by atoms with Gasteiger partial charge >= 0.3 is 6.01 Å². The van der Waals surface area contributed by atoms with Crippen molar-refractivity contribution >= 4 is 11.9 Å². The van der Waals surface area contributed by atoms with E-state index in [1.165, 1.54) is 0 Å². The fourth-order valence-corrected chi connectivity index (χ4v) is 1.41. The maximum Gasteiger partial charge on any atom is 0.323 e. The molecule has 1 atom stereocenters. The van der Waals surface area contributed by atoms with E-state index < -0.39 is 5.60 Å². The summed E-state index contributed by atoms with van der Waals surface area (Å²) in [6.45, 7) is 10.7. The molecule has 0 radical (unpaired) electrons. The lowest BCUT2D eigenvalue weighted by molar-refractivity contribution is 0.0695. The molecule has 1 aromatic rings. The third-order valence-electron chi connectivity index (χ3n) is 2.88. The summed E-state index contributed by atoms with van der Waals surface area (Å²) in [6.07, 6.45) is 1.60. The van der Waals surface area contributed by atoms with Crippen molar-refractivity contribution in [3.8, 4) is 6.01 Å². The zero-order chi connectivity index (χ0) is 15.9. The first kappa shape index (κ1) is 17.4. The number of aromatic nitrogens is 3. The van der Waals surface area contributed by atoms with Gasteiger partial charge in [0.15, 0.2) is 0 Å². The van der Waals surface area contributed by atoms with Gasteiger partial charge in [0, 0.05) is 13.1 Å². The molecule has 0 aliphatic heterocycles. The van der Waals surface area contributed by atoms with E-state index in [2.05, 4.69) is 32.5 Å². The minimum atomic E-state index is -0.803. The van der Waals surface area contributed by atoms with Crippen LogP contribution in [0.1, 0.15) is 47.5 Å². The maximum atomic E-state index is 10.0. The maximum absolute atomic E-state index is 10.0. The third kappa shape index (κ3) is 6.57. The van der Waals surface area contributed by atoms with E-state index in [0.717, 1.165) is 13.0 Å². The topological polar surface area (TPSA) is 92.2 Å². The van der Waals surface area contributed by atoms with Gasteiger partial charge in [0.2, 0.25) is 11.9 Å². The van der Waals surface area contributed by atoms with Gasteiger partial charge in [0.1, 0.15) is 0 Å². The average molecular weight is 297 g/mol. The van der Waals surface area contributed by atoms with E-state index in [1.54, 1.807) is 6.92 Å². The second kappa shape index (κ2) is 7.97. The molecule has 0 aromatic carbocycles. The van der Waals surface area contributed by atoms with Crippen molar-refractivity contribution in [2.75, 3.05) is 23.7 Å². The predicted octanol–water partition coefficient (Wildman–Crippen LogP) is 2.05. The van der Waals surface area contributed by atoms with Crippen LogP contribution in [0.4, 0.5) is 11.9 Å². The minimum absolute atomic E-state index is 0.0157. The highest BCUT2D eigenvalue weighted by Gasteiger charge is 2.18. The number of aliphatic hydroxyl groups is 1. The van der Waals surface area contributed by atoms with Crippen LogP contribution in [0.25, 0.3) is 0 Å². The van der Waals surface area contributed by atoms with Crippen LogP contribution < -0.4 is 15.4 Å². The van der Waals surface area contributed by atoms with E-state index in [-0.39, 0.29) is 12.1 Å². The summed E-state index contributed by atoms with van der Waals surface area (Å²) in [5.41, 5.74) is -0.803. The Hall–Kier alpha value is -1.63. The molecule has 0 fully saturated rings. The molecule has 3 N–H and O–H groups in total. The zero-order valence-corrected chi connectivity index (χ0v) is 13.6. The fourth-order valence-electron chi connectivity index (χ4n) is 1.41. The summed E-state index contributed by atoms with van der Waals surface area (Å²) in [7, 11) is 0. The molecule has 0 saturated carbocycles. The van der Waals surface area contributed by atoms with Gasteiger partial charge in [0.25, 0.3) is 0 Å². The number of ether oxygens (including phenoxy) is 1. The SMILES string of the molecule is CCCNc1nc(NCC(C)(O)CC)nc(OC(C)C)n1. The molecule has 0 spiro atoms. The molecule has 1 heterocycles. The molecule has 0 amide bonds. The molecular formula is C14H27N5O2. The molecule has 7 heteroatoms. The van der Waals surface area contributed by atoms with Crippen molar-refractivity contribution in [3.05, 3.63) is 0 Å². The third-order valence-corrected chi connectivity index (χ3v) is 2.88. The van der Waals surface area contributed by atoms with Crippen LogP contribution in [0.5, 0.6) is 6.01 Å². The lowest BCUT2D eigenvalue weighted by atomic mass is 10.0. The summed E-state index contributed by atoms with van der Waals surface area (Å²) >= 11 is 0. The number of rotatable bonds is 9. The Balaban J connectivity index is 2.84. The Morgan fingerprint density at radius 2 is 1.76 bits per heavy atom. The second-order valence-corrected chi connectivity index (χ2v) is 5.56. The molecular weight excluding hydrogens is 270 g/mol. The summed E-state index contributed by atoms with van der Waals surface area (Å²) in [4.78, 5) is 12.7. The molecule has 0 saturated heterocycles. The average Bonchev–Trinajstić information content (AvgIpc) is 2.42. The standard InChI is InChI=1S/C14H27N5O2/c1-6-8-15-11-17-12(16-9-14(5,20)7-2)19-13(18-11)21-10(3)4/h10,20H,6-9H2,1-5H3,(H2,15,16,17,18,19). The zero-order valence-electron chi connectivity index (χ0n) is 13.6. The first-order valence-corrected chi connectivity index (χ1v) is 7.49. The van der Waals surface area contributed by atoms with Gasteiger partial charge in [-0.1, -0.05) is 13.8 Å². The highest BCUT2D eigenvalue weighted by Crippen LogP contribution is 2.14. The fraction of sp³-hybridized carbons (Fsp3) is 0.786. The monoisotopic (exact) mass is 297 g/mol. The van der Waals surface area contributed by atoms with Gasteiger partial charge in [-0.05, 0) is 33.6 Å². The lowest BCUT2D eigenvalue weighted by Gasteiger charge is -2.21. The molecule has 0 aliphatic rings. The first-order chi connectivity index (χ1) is 9.86. The van der Waals surface area contributed by atoms with E-state index in [0.29, 0.717) is 24.9 Å². The van der Waals surface area contributed by atoms with Crippen LogP contribution in [-0.4, -0.2) is 44.9 Å². The van der Waals surface area contributed by atoms with E-state index in [1.807, 2.05) is 20.8 Å². The van der Waals surface area contributed by atoms with E-state index >= 15 is 0 Å². The number of hydrogen-bond donors (Lipinski definition) is 3. The first-order valence-electron chi connectivity index (χ1n) is 7.49. The molecule has 7 nitrogen and oxygen atoms in total. The number of nitrogens with zero attached hydrogens (tertiary/aromatic N) is 3. The molecule has 1 rings (SSSR count). The Bertz CT molecular complexity index is 437. The molecule has 0 aliphatic carbocycles. The lowest BCUT2D eigenvalue weighted by Crippen LogP contribution is -2.33. The summed E-state index contributed by atoms with van der Waals surface area (Å²) in [6, 6.07) is 0.275. The summed E-state index contributed by atoms with van der Waals surface area (Å²) in [5, 5.41) is 16.2. The van der Waals surface area contributed by atoms with Gasteiger partial charge < -0.3 is 20.5 Å². The van der Waals surface area contributed by atoms with Crippen molar-refractivity contribution in [2.45, 2.75) is 59.2 Å². The molecule has 1 aromatic heterocycles. The quantitative estimate of drug-likeness (QED) is 0.642. The van der Waals surface area contributed by atoms with Crippen molar-refractivity contribution < 1.29 is 9.84 Å². The van der Waals surface area contributed by atoms with E-state index in [4.69, 9.17) is 4.74 Å². The Morgan fingerprint density at radius 3 is 2.29 bits per heavy atom. The largest absolute Gasteiger partial charge is 0.461 e. The van der Waals surface area contributed by atoms with Crippen molar-refractivity contribution in [1.82, 2.24) is 15.0 Å². The minimum Gasteiger partial charge on any atom is -0.461 e. The van der Waals surface area contributed by atoms with Crippen LogP contribution >= 0.6 is 0 Å². The van der Waals surface area contributed by atoms with Gasteiger partial charge in [-0.25, -0.2) is 0 Å². The van der Waals surface area contributed by atoms with E-state index in [9.17, 15) is 5.11 Å². The number of hydrogen-bond acceptors (Lipinski definition) is 7. The van der Waals surface area contributed by atoms with Crippen molar-refractivity contribution in [3.63, 3.8) is 0 Å². The molecule has 120 valence electrons. The van der Waals surface area contributed by atoms with Crippen LogP contribution in [0.3, 0.4) is 0 Å². The Labute approximate surface area is 126 Å². The van der Waals surface area contributed by atoms with Crippen LogP contribution in [-0.2, 0) is 0 Å². The number of nitrogens with one attached hydrogen (secondary N) is 2. The Kier molecular flexibility index (Phi) is 6.61. The van der Waals surface area contributed by atoms with Crippen LogP contribution in [0, 0.1) is 0 Å². The highest BCUT2D eigenvalue weighted by atomic mass is 16.5.